The van der Waals surface area contributed by atoms with Crippen LogP contribution in [-0.2, 0) is 19.9 Å². The third kappa shape index (κ3) is 2.99. The monoisotopic (exact) mass is 560 g/mol. The topological polar surface area (TPSA) is 82.6 Å². The lowest BCUT2D eigenvalue weighted by Gasteiger charge is -2.37. The normalized spacial score (nSPS) is 31.5. The molecule has 0 bridgehead atoms. The number of amides is 3. The lowest BCUT2D eigenvalue weighted by Crippen LogP contribution is -2.54. The third-order valence-electron chi connectivity index (χ3n) is 7.46. The number of anilines is 2. The number of hydrogen-bond donors (Lipinski definition) is 1. The van der Waals surface area contributed by atoms with Crippen molar-refractivity contribution in [1.82, 2.24) is 9.88 Å². The van der Waals surface area contributed by atoms with E-state index in [4.69, 9.17) is 46.4 Å². The van der Waals surface area contributed by atoms with E-state index in [1.54, 1.807) is 4.90 Å². The van der Waals surface area contributed by atoms with Crippen LogP contribution in [-0.4, -0.2) is 46.6 Å². The quantitative estimate of drug-likeness (QED) is 0.427. The van der Waals surface area contributed by atoms with Crippen molar-refractivity contribution in [1.29, 1.82) is 0 Å². The van der Waals surface area contributed by atoms with Gasteiger partial charge in [-0.05, 0) is 30.7 Å². The van der Waals surface area contributed by atoms with Gasteiger partial charge < -0.3 is 5.32 Å². The van der Waals surface area contributed by atoms with Gasteiger partial charge in [0.2, 0.25) is 18.2 Å². The van der Waals surface area contributed by atoms with Gasteiger partial charge in [-0.25, -0.2) is 18.7 Å². The number of halogens is 6. The molecule has 5 unspecified atom stereocenters. The zero-order valence-corrected chi connectivity index (χ0v) is 20.5. The van der Waals surface area contributed by atoms with Gasteiger partial charge in [-0.15, -0.1) is 0 Å². The number of hydrogen-bond acceptors (Lipinski definition) is 5. The Kier molecular flexibility index (Phi) is 5.16. The molecule has 182 valence electrons. The highest BCUT2D eigenvalue weighted by Gasteiger charge is 2.76. The van der Waals surface area contributed by atoms with Gasteiger partial charge in [0.05, 0.1) is 28.2 Å². The number of pyridine rings is 1. The van der Waals surface area contributed by atoms with Crippen LogP contribution >= 0.6 is 46.4 Å². The van der Waals surface area contributed by atoms with E-state index < -0.39 is 53.5 Å². The number of nitrogens with zero attached hydrogens (tertiary/aromatic N) is 3. The van der Waals surface area contributed by atoms with Crippen molar-refractivity contribution in [3.05, 3.63) is 50.2 Å². The van der Waals surface area contributed by atoms with Crippen LogP contribution in [0.4, 0.5) is 20.2 Å². The number of rotatable bonds is 2. The minimum absolute atomic E-state index is 0.0392. The van der Waals surface area contributed by atoms with E-state index in [0.29, 0.717) is 5.56 Å². The van der Waals surface area contributed by atoms with E-state index in [-0.39, 0.29) is 44.7 Å². The summed E-state index contributed by atoms with van der Waals surface area (Å²) in [7, 11) is 0. The molecule has 1 aromatic heterocycles. The van der Waals surface area contributed by atoms with Crippen molar-refractivity contribution in [2.24, 2.45) is 17.8 Å². The Morgan fingerprint density at radius 1 is 1.03 bits per heavy atom. The van der Waals surface area contributed by atoms with Gasteiger partial charge in [0.1, 0.15) is 15.8 Å². The number of carbonyl (C=O) groups excluding carboxylic acids is 3. The summed E-state index contributed by atoms with van der Waals surface area (Å²) in [5.41, 5.74) is -1.10. The van der Waals surface area contributed by atoms with Gasteiger partial charge in [0, 0.05) is 29.1 Å². The zero-order valence-electron chi connectivity index (χ0n) is 17.4. The van der Waals surface area contributed by atoms with E-state index >= 15 is 0 Å². The minimum atomic E-state index is -2.66. The first-order valence-electron chi connectivity index (χ1n) is 10.6. The number of alkyl halides is 2. The number of fused-ring (bicyclic) bond motifs is 7. The second-order valence-electron chi connectivity index (χ2n) is 9.07. The first kappa shape index (κ1) is 23.4. The molecule has 0 saturated carbocycles. The molecule has 13 heteroatoms. The number of carbonyl (C=O) groups is 3. The van der Waals surface area contributed by atoms with Crippen molar-refractivity contribution in [3.8, 4) is 0 Å². The van der Waals surface area contributed by atoms with Crippen LogP contribution in [0.3, 0.4) is 0 Å². The molecule has 5 atom stereocenters. The maximum absolute atomic E-state index is 13.9. The van der Waals surface area contributed by atoms with Gasteiger partial charge in [0.25, 0.3) is 5.91 Å². The summed E-state index contributed by atoms with van der Waals surface area (Å²) in [6, 6.07) is 4.77. The summed E-state index contributed by atoms with van der Waals surface area (Å²) < 4.78 is 27.6. The molecular formula is C22H14Cl4F2N4O3. The molecule has 4 aliphatic heterocycles. The van der Waals surface area contributed by atoms with Crippen LogP contribution in [0.15, 0.2) is 24.3 Å². The molecule has 1 aromatic carbocycles. The van der Waals surface area contributed by atoms with E-state index in [1.165, 1.54) is 24.3 Å². The fraction of sp³-hybridized carbons (Fsp3) is 0.364. The lowest BCUT2D eigenvalue weighted by atomic mass is 9.75. The van der Waals surface area contributed by atoms with Crippen molar-refractivity contribution in [3.63, 3.8) is 0 Å². The molecule has 0 radical (unpaired) electrons. The molecule has 3 saturated heterocycles. The first-order chi connectivity index (χ1) is 16.5. The maximum atomic E-state index is 13.9. The van der Waals surface area contributed by atoms with Crippen molar-refractivity contribution < 1.29 is 23.2 Å². The molecular weight excluding hydrogens is 548 g/mol. The molecule has 3 fully saturated rings. The molecule has 2 aromatic rings. The van der Waals surface area contributed by atoms with Crippen LogP contribution in [0.2, 0.25) is 20.4 Å². The Morgan fingerprint density at radius 3 is 2.37 bits per heavy atom. The summed E-state index contributed by atoms with van der Waals surface area (Å²) >= 11 is 24.6. The highest BCUT2D eigenvalue weighted by Crippen LogP contribution is 2.62. The van der Waals surface area contributed by atoms with Crippen LogP contribution in [0.1, 0.15) is 12.0 Å². The average Bonchev–Trinajstić information content (AvgIpc) is 3.44. The van der Waals surface area contributed by atoms with Gasteiger partial charge >= 0.3 is 0 Å². The van der Waals surface area contributed by atoms with Crippen LogP contribution in [0.5, 0.6) is 0 Å². The molecule has 5 heterocycles. The minimum Gasteiger partial charge on any atom is -0.323 e. The predicted molar refractivity (Wildman–Crippen MR) is 125 cm³/mol. The largest absolute Gasteiger partial charge is 0.323 e. The summed E-state index contributed by atoms with van der Waals surface area (Å²) in [5.74, 6) is -5.22. The molecule has 0 aliphatic carbocycles. The Morgan fingerprint density at radius 2 is 1.71 bits per heavy atom. The Labute approximate surface area is 217 Å². The molecule has 4 aliphatic rings. The predicted octanol–water partition coefficient (Wildman–Crippen LogP) is 4.62. The van der Waals surface area contributed by atoms with Gasteiger partial charge in [-0.1, -0.05) is 46.4 Å². The van der Waals surface area contributed by atoms with Crippen LogP contribution in [0.25, 0.3) is 0 Å². The van der Waals surface area contributed by atoms with E-state index in [1.807, 2.05) is 0 Å². The van der Waals surface area contributed by atoms with Gasteiger partial charge in [-0.3, -0.25) is 19.3 Å². The molecule has 1 N–H and O–H groups in total. The highest BCUT2D eigenvalue weighted by atomic mass is 35.5. The Bertz CT molecular complexity index is 1320. The van der Waals surface area contributed by atoms with Crippen molar-refractivity contribution >= 4 is 75.5 Å². The van der Waals surface area contributed by atoms with E-state index in [2.05, 4.69) is 10.3 Å². The smallest absolute Gasteiger partial charge is 0.250 e. The zero-order chi connectivity index (χ0) is 25.0. The Balaban J connectivity index is 1.58. The third-order valence-corrected chi connectivity index (χ3v) is 8.36. The first-order valence-corrected chi connectivity index (χ1v) is 12.1. The fourth-order valence-electron chi connectivity index (χ4n) is 6.29. The van der Waals surface area contributed by atoms with Crippen LogP contribution < -0.4 is 10.2 Å². The number of benzene rings is 1. The standard InChI is InChI=1S/C22H14Cl4F2N4O3/c23-8-2-10-17(11(24)3-8)30-21(35)22(10)16-15(12-1-7(18(27)28)6-31(12)22)19(33)32(20(16)34)9-4-13(25)29-14(26)5-9/h2-5,7,12,15-16,18H,1,6H2,(H,30,35). The maximum Gasteiger partial charge on any atom is 0.250 e. The van der Waals surface area contributed by atoms with Crippen LogP contribution in [0, 0.1) is 17.8 Å². The molecule has 6 rings (SSSR count). The highest BCUT2D eigenvalue weighted by molar-refractivity contribution is 6.38. The van der Waals surface area contributed by atoms with E-state index in [0.717, 1.165) is 4.90 Å². The van der Waals surface area contributed by atoms with Gasteiger partial charge in [-0.2, -0.15) is 0 Å². The number of aromatic nitrogens is 1. The SMILES string of the molecule is O=C1C2C3CC(C(F)F)CN3C3(C(=O)Nc4c(Cl)cc(Cl)cc43)C2C(=O)N1c1cc(Cl)nc(Cl)c1. The summed E-state index contributed by atoms with van der Waals surface area (Å²) in [6.45, 7) is -0.167. The number of nitrogens with one attached hydrogen (secondary N) is 1. The second kappa shape index (κ2) is 7.73. The van der Waals surface area contributed by atoms with Crippen molar-refractivity contribution in [2.45, 2.75) is 24.4 Å². The molecule has 1 spiro atoms. The summed E-state index contributed by atoms with van der Waals surface area (Å²) in [5, 5.41) is 2.98. The molecule has 35 heavy (non-hydrogen) atoms. The summed E-state index contributed by atoms with van der Waals surface area (Å²) in [4.78, 5) is 47.7. The average molecular weight is 562 g/mol. The number of imide groups is 1. The van der Waals surface area contributed by atoms with Crippen molar-refractivity contribution in [2.75, 3.05) is 16.8 Å². The fourth-order valence-corrected chi connectivity index (χ4v) is 7.28. The van der Waals surface area contributed by atoms with E-state index in [9.17, 15) is 23.2 Å². The summed E-state index contributed by atoms with van der Waals surface area (Å²) in [6.07, 6.45) is -2.72. The molecule has 3 amide bonds. The Hall–Kier alpha value is -2.04. The van der Waals surface area contributed by atoms with Gasteiger partial charge in [0.15, 0.2) is 0 Å². The second-order valence-corrected chi connectivity index (χ2v) is 10.7. The lowest BCUT2D eigenvalue weighted by molar-refractivity contribution is -0.135. The molecule has 7 nitrogen and oxygen atoms in total.